The molecule has 7 heteroatoms. The fourth-order valence-electron chi connectivity index (χ4n) is 2.90. The van der Waals surface area contributed by atoms with Crippen molar-refractivity contribution in [3.8, 4) is 0 Å². The standard InChI is InChI=1S/C11H18F3O3P/c1-2-5-9-6-3-4-7-10(9,18(15,16)17)8-11(12,13)14/h2,9H,1,3-8H2,(H2,15,16,17). The van der Waals surface area contributed by atoms with E-state index in [9.17, 15) is 27.5 Å². The van der Waals surface area contributed by atoms with Crippen LogP contribution in [0.2, 0.25) is 0 Å². The molecule has 1 aliphatic carbocycles. The predicted octanol–water partition coefficient (Wildman–Crippen LogP) is 3.62. The third kappa shape index (κ3) is 3.37. The van der Waals surface area contributed by atoms with Crippen LogP contribution in [-0.4, -0.2) is 21.1 Å². The van der Waals surface area contributed by atoms with Crippen LogP contribution in [0.4, 0.5) is 13.2 Å². The summed E-state index contributed by atoms with van der Waals surface area (Å²) >= 11 is 0. The summed E-state index contributed by atoms with van der Waals surface area (Å²) in [5.74, 6) is -0.647. The zero-order valence-electron chi connectivity index (χ0n) is 9.99. The van der Waals surface area contributed by atoms with Gasteiger partial charge in [0.15, 0.2) is 0 Å². The first-order valence-electron chi connectivity index (χ1n) is 5.86. The fraction of sp³-hybridized carbons (Fsp3) is 0.818. The van der Waals surface area contributed by atoms with Crippen molar-refractivity contribution in [2.75, 3.05) is 0 Å². The van der Waals surface area contributed by atoms with E-state index >= 15 is 0 Å². The normalized spacial score (nSPS) is 30.2. The van der Waals surface area contributed by atoms with Crippen LogP contribution in [0, 0.1) is 5.92 Å². The molecule has 0 aromatic rings. The van der Waals surface area contributed by atoms with Gasteiger partial charge in [-0.1, -0.05) is 18.9 Å². The molecule has 1 rings (SSSR count). The van der Waals surface area contributed by atoms with Crippen molar-refractivity contribution < 1.29 is 27.5 Å². The Labute approximate surface area is 104 Å². The van der Waals surface area contributed by atoms with Gasteiger partial charge in [0.2, 0.25) is 0 Å². The van der Waals surface area contributed by atoms with Crippen LogP contribution < -0.4 is 0 Å². The summed E-state index contributed by atoms with van der Waals surface area (Å²) in [6, 6.07) is 0. The first kappa shape index (κ1) is 15.7. The lowest BCUT2D eigenvalue weighted by Crippen LogP contribution is -2.44. The lowest BCUT2D eigenvalue weighted by Gasteiger charge is -2.44. The van der Waals surface area contributed by atoms with Crippen LogP contribution in [0.25, 0.3) is 0 Å². The average Bonchev–Trinajstić information content (AvgIpc) is 2.17. The number of rotatable bonds is 4. The zero-order valence-corrected chi connectivity index (χ0v) is 10.9. The van der Waals surface area contributed by atoms with Crippen LogP contribution in [0.15, 0.2) is 12.7 Å². The van der Waals surface area contributed by atoms with E-state index in [4.69, 9.17) is 0 Å². The van der Waals surface area contributed by atoms with Gasteiger partial charge < -0.3 is 9.79 Å². The van der Waals surface area contributed by atoms with Crippen LogP contribution in [0.1, 0.15) is 38.5 Å². The predicted molar refractivity (Wildman–Crippen MR) is 62.2 cm³/mol. The largest absolute Gasteiger partial charge is 0.390 e. The Kier molecular flexibility index (Phi) is 4.68. The minimum atomic E-state index is -4.82. The first-order chi connectivity index (χ1) is 8.12. The van der Waals surface area contributed by atoms with Gasteiger partial charge in [0.25, 0.3) is 0 Å². The molecule has 1 saturated carbocycles. The number of hydrogen-bond donors (Lipinski definition) is 2. The molecule has 106 valence electrons. The van der Waals surface area contributed by atoms with Crippen LogP contribution >= 0.6 is 7.60 Å². The molecule has 0 amide bonds. The van der Waals surface area contributed by atoms with Crippen molar-refractivity contribution >= 4 is 7.60 Å². The minimum absolute atomic E-state index is 0.0741. The van der Waals surface area contributed by atoms with E-state index in [2.05, 4.69) is 6.58 Å². The molecule has 1 fully saturated rings. The van der Waals surface area contributed by atoms with E-state index in [1.54, 1.807) is 0 Å². The molecule has 0 bridgehead atoms. The summed E-state index contributed by atoms with van der Waals surface area (Å²) in [7, 11) is -4.82. The molecule has 3 nitrogen and oxygen atoms in total. The maximum absolute atomic E-state index is 12.7. The van der Waals surface area contributed by atoms with Gasteiger partial charge in [-0.15, -0.1) is 6.58 Å². The average molecular weight is 286 g/mol. The number of halogens is 3. The molecule has 0 heterocycles. The van der Waals surface area contributed by atoms with Gasteiger partial charge in [0.05, 0.1) is 11.6 Å². The fourth-order valence-corrected chi connectivity index (χ4v) is 4.44. The van der Waals surface area contributed by atoms with E-state index in [0.29, 0.717) is 19.3 Å². The second kappa shape index (κ2) is 5.35. The lowest BCUT2D eigenvalue weighted by molar-refractivity contribution is -0.148. The first-order valence-corrected chi connectivity index (χ1v) is 7.47. The van der Waals surface area contributed by atoms with E-state index in [1.165, 1.54) is 6.08 Å². The van der Waals surface area contributed by atoms with Crippen molar-refractivity contribution in [1.29, 1.82) is 0 Å². The molecule has 18 heavy (non-hydrogen) atoms. The molecule has 0 radical (unpaired) electrons. The number of alkyl halides is 3. The molecular weight excluding hydrogens is 268 g/mol. The van der Waals surface area contributed by atoms with Gasteiger partial charge >= 0.3 is 13.8 Å². The summed E-state index contributed by atoms with van der Waals surface area (Å²) in [4.78, 5) is 18.9. The quantitative estimate of drug-likeness (QED) is 0.613. The highest BCUT2D eigenvalue weighted by Crippen LogP contribution is 2.64. The zero-order chi connectivity index (χ0) is 14.0. The summed E-state index contributed by atoms with van der Waals surface area (Å²) in [6.45, 7) is 3.46. The van der Waals surface area contributed by atoms with Crippen molar-refractivity contribution in [3.63, 3.8) is 0 Å². The summed E-state index contributed by atoms with van der Waals surface area (Å²) in [6.07, 6.45) is -2.87. The highest BCUT2D eigenvalue weighted by atomic mass is 31.2. The van der Waals surface area contributed by atoms with Gasteiger partial charge in [-0.25, -0.2) is 0 Å². The molecule has 0 aliphatic heterocycles. The maximum atomic E-state index is 12.7. The third-order valence-corrected chi connectivity index (χ3v) is 5.62. The van der Waals surface area contributed by atoms with Crippen molar-refractivity contribution in [2.24, 2.45) is 5.92 Å². The monoisotopic (exact) mass is 286 g/mol. The van der Waals surface area contributed by atoms with E-state index in [-0.39, 0.29) is 12.8 Å². The van der Waals surface area contributed by atoms with Crippen molar-refractivity contribution in [1.82, 2.24) is 0 Å². The van der Waals surface area contributed by atoms with E-state index in [1.807, 2.05) is 0 Å². The third-order valence-electron chi connectivity index (χ3n) is 3.71. The number of hydrogen-bond acceptors (Lipinski definition) is 1. The molecule has 0 aromatic heterocycles. The summed E-state index contributed by atoms with van der Waals surface area (Å²) < 4.78 is 49.6. The SMILES string of the molecule is C=CCC1CCCCC1(CC(F)(F)F)P(=O)(O)O. The molecular formula is C11H18F3O3P. The van der Waals surface area contributed by atoms with Gasteiger partial charge in [-0.05, 0) is 25.2 Å². The van der Waals surface area contributed by atoms with Gasteiger partial charge in [-0.2, -0.15) is 13.2 Å². The molecule has 2 atom stereocenters. The molecule has 2 unspecified atom stereocenters. The van der Waals surface area contributed by atoms with Crippen molar-refractivity contribution in [2.45, 2.75) is 49.9 Å². The van der Waals surface area contributed by atoms with Crippen LogP contribution in [0.3, 0.4) is 0 Å². The Morgan fingerprint density at radius 2 is 2.00 bits per heavy atom. The lowest BCUT2D eigenvalue weighted by atomic mass is 9.75. The van der Waals surface area contributed by atoms with E-state index in [0.717, 1.165) is 0 Å². The molecule has 0 aromatic carbocycles. The van der Waals surface area contributed by atoms with Gasteiger partial charge in [-0.3, -0.25) is 4.57 Å². The highest BCUT2D eigenvalue weighted by Gasteiger charge is 2.57. The Balaban J connectivity index is 3.15. The summed E-state index contributed by atoms with van der Waals surface area (Å²) in [5, 5.41) is -1.96. The maximum Gasteiger partial charge on any atom is 0.390 e. The Morgan fingerprint density at radius 1 is 1.39 bits per heavy atom. The topological polar surface area (TPSA) is 57.5 Å². The second-order valence-electron chi connectivity index (χ2n) is 4.91. The molecule has 1 aliphatic rings. The van der Waals surface area contributed by atoms with Gasteiger partial charge in [0, 0.05) is 0 Å². The van der Waals surface area contributed by atoms with Gasteiger partial charge in [0.1, 0.15) is 0 Å². The highest BCUT2D eigenvalue weighted by molar-refractivity contribution is 7.53. The van der Waals surface area contributed by atoms with Crippen molar-refractivity contribution in [3.05, 3.63) is 12.7 Å². The Bertz CT molecular complexity index is 350. The Hall–Kier alpha value is -0.320. The smallest absolute Gasteiger partial charge is 0.324 e. The second-order valence-corrected chi connectivity index (χ2v) is 6.89. The molecule has 2 N–H and O–H groups in total. The van der Waals surface area contributed by atoms with Crippen LogP contribution in [-0.2, 0) is 4.57 Å². The molecule has 0 saturated heterocycles. The Morgan fingerprint density at radius 3 is 2.44 bits per heavy atom. The van der Waals surface area contributed by atoms with E-state index < -0.39 is 31.3 Å². The number of allylic oxidation sites excluding steroid dienone is 1. The molecule has 0 spiro atoms. The summed E-state index contributed by atoms with van der Waals surface area (Å²) in [5.41, 5.74) is 0. The van der Waals surface area contributed by atoms with Crippen LogP contribution in [0.5, 0.6) is 0 Å². The minimum Gasteiger partial charge on any atom is -0.324 e.